The molecule has 5 rings (SSSR count). The number of fused-ring (bicyclic) bond motifs is 1. The lowest BCUT2D eigenvalue weighted by atomic mass is 10.0. The molecule has 2 aliphatic rings. The molecule has 0 aromatic carbocycles. The van der Waals surface area contributed by atoms with Crippen molar-refractivity contribution in [3.63, 3.8) is 0 Å². The number of hydrogen-bond donors (Lipinski definition) is 2. The number of nitrogens with zero attached hydrogens (tertiary/aromatic N) is 5. The lowest BCUT2D eigenvalue weighted by molar-refractivity contribution is -0.0716. The highest BCUT2D eigenvalue weighted by molar-refractivity contribution is 6.03. The van der Waals surface area contributed by atoms with Crippen molar-refractivity contribution < 1.29 is 9.53 Å². The number of aromatic nitrogens is 5. The molecular weight excluding hydrogens is 346 g/mol. The standard InChI is InChI=1S/C18H21N7O2/c26-17(21-12-2-6-24(7-3-12)13-9-27-10-13)16-15-14(1-4-20-15)22-18(23-16)25-8-5-19-11-25/h1,4-5,8,11-13,20H,2-3,6-7,9-10H2,(H,21,26). The Morgan fingerprint density at radius 1 is 1.26 bits per heavy atom. The first-order valence-corrected chi connectivity index (χ1v) is 9.24. The van der Waals surface area contributed by atoms with Gasteiger partial charge in [0.25, 0.3) is 5.91 Å². The fourth-order valence-corrected chi connectivity index (χ4v) is 3.69. The molecule has 9 nitrogen and oxygen atoms in total. The molecule has 0 unspecified atom stereocenters. The van der Waals surface area contributed by atoms with Crippen molar-refractivity contribution >= 4 is 16.9 Å². The van der Waals surface area contributed by atoms with E-state index in [2.05, 4.69) is 30.2 Å². The van der Waals surface area contributed by atoms with Crippen LogP contribution in [0.15, 0.2) is 31.0 Å². The van der Waals surface area contributed by atoms with Gasteiger partial charge in [-0.25, -0.2) is 15.0 Å². The van der Waals surface area contributed by atoms with Crippen molar-refractivity contribution in [2.24, 2.45) is 0 Å². The van der Waals surface area contributed by atoms with Gasteiger partial charge in [0.15, 0.2) is 5.69 Å². The highest BCUT2D eigenvalue weighted by atomic mass is 16.5. The van der Waals surface area contributed by atoms with Gasteiger partial charge in [0.05, 0.1) is 30.3 Å². The average molecular weight is 367 g/mol. The third-order valence-corrected chi connectivity index (χ3v) is 5.35. The van der Waals surface area contributed by atoms with Gasteiger partial charge in [0, 0.05) is 37.7 Å². The quantitative estimate of drug-likeness (QED) is 0.705. The van der Waals surface area contributed by atoms with E-state index in [1.807, 2.05) is 6.07 Å². The molecule has 27 heavy (non-hydrogen) atoms. The second-order valence-electron chi connectivity index (χ2n) is 7.06. The van der Waals surface area contributed by atoms with E-state index in [9.17, 15) is 4.79 Å². The molecule has 9 heteroatoms. The molecule has 3 aromatic rings. The molecule has 2 aliphatic heterocycles. The first-order chi connectivity index (χ1) is 13.3. The van der Waals surface area contributed by atoms with Gasteiger partial charge < -0.3 is 15.0 Å². The Morgan fingerprint density at radius 3 is 2.81 bits per heavy atom. The summed E-state index contributed by atoms with van der Waals surface area (Å²) in [5.41, 5.74) is 1.72. The SMILES string of the molecule is O=C(NC1CCN(C2COC2)CC1)c1nc(-n2ccnc2)nc2cc[nH]c12. The van der Waals surface area contributed by atoms with Crippen LogP contribution in [-0.2, 0) is 4.74 Å². The maximum atomic E-state index is 12.9. The second kappa shape index (κ2) is 6.75. The van der Waals surface area contributed by atoms with E-state index in [0.717, 1.165) is 39.1 Å². The van der Waals surface area contributed by atoms with E-state index in [4.69, 9.17) is 4.74 Å². The minimum atomic E-state index is -0.170. The Balaban J connectivity index is 1.34. The molecule has 3 aromatic heterocycles. The summed E-state index contributed by atoms with van der Waals surface area (Å²) in [4.78, 5) is 31.5. The molecular formula is C18H21N7O2. The number of carbonyl (C=O) groups excluding carboxylic acids is 1. The molecule has 5 heterocycles. The number of nitrogens with one attached hydrogen (secondary N) is 2. The van der Waals surface area contributed by atoms with E-state index in [0.29, 0.717) is 28.7 Å². The fraction of sp³-hybridized carbons (Fsp3) is 0.444. The maximum Gasteiger partial charge on any atom is 0.272 e. The lowest BCUT2D eigenvalue weighted by Gasteiger charge is -2.41. The van der Waals surface area contributed by atoms with Crippen molar-refractivity contribution in [2.45, 2.75) is 24.9 Å². The van der Waals surface area contributed by atoms with Crippen molar-refractivity contribution in [3.8, 4) is 5.95 Å². The van der Waals surface area contributed by atoms with Crippen LogP contribution < -0.4 is 5.32 Å². The molecule has 140 valence electrons. The summed E-state index contributed by atoms with van der Waals surface area (Å²) in [6.07, 6.45) is 8.69. The van der Waals surface area contributed by atoms with E-state index >= 15 is 0 Å². The van der Waals surface area contributed by atoms with E-state index in [1.54, 1.807) is 29.5 Å². The highest BCUT2D eigenvalue weighted by Gasteiger charge is 2.30. The first kappa shape index (κ1) is 16.4. The molecule has 0 saturated carbocycles. The summed E-state index contributed by atoms with van der Waals surface area (Å²) in [6, 6.07) is 2.55. The van der Waals surface area contributed by atoms with Gasteiger partial charge in [0.1, 0.15) is 6.33 Å². The average Bonchev–Trinajstić information content (AvgIpc) is 3.32. The molecule has 0 bridgehead atoms. The van der Waals surface area contributed by atoms with Gasteiger partial charge >= 0.3 is 0 Å². The number of hydrogen-bond acceptors (Lipinski definition) is 6. The number of H-pyrrole nitrogens is 1. The van der Waals surface area contributed by atoms with Crippen LogP contribution in [0.1, 0.15) is 23.3 Å². The summed E-state index contributed by atoms with van der Waals surface area (Å²) >= 11 is 0. The van der Waals surface area contributed by atoms with Gasteiger partial charge in [0.2, 0.25) is 5.95 Å². The number of carbonyl (C=O) groups is 1. The second-order valence-corrected chi connectivity index (χ2v) is 7.06. The normalized spacial score (nSPS) is 19.3. The summed E-state index contributed by atoms with van der Waals surface area (Å²) in [5, 5.41) is 3.15. The Labute approximate surface area is 155 Å². The number of rotatable bonds is 4. The lowest BCUT2D eigenvalue weighted by Crippen LogP contribution is -2.54. The van der Waals surface area contributed by atoms with Crippen LogP contribution in [0.4, 0.5) is 0 Å². The number of imidazole rings is 1. The smallest absolute Gasteiger partial charge is 0.272 e. The predicted molar refractivity (Wildman–Crippen MR) is 97.7 cm³/mol. The summed E-state index contributed by atoms with van der Waals surface area (Å²) in [5.74, 6) is 0.265. The van der Waals surface area contributed by atoms with Crippen LogP contribution in [0.3, 0.4) is 0 Å². The largest absolute Gasteiger partial charge is 0.378 e. The van der Waals surface area contributed by atoms with Crippen LogP contribution in [-0.4, -0.2) is 73.7 Å². The van der Waals surface area contributed by atoms with Crippen LogP contribution >= 0.6 is 0 Å². The monoisotopic (exact) mass is 367 g/mol. The van der Waals surface area contributed by atoms with Gasteiger partial charge in [-0.05, 0) is 18.9 Å². The number of piperidine rings is 1. The van der Waals surface area contributed by atoms with E-state index in [1.165, 1.54) is 0 Å². The molecule has 1 amide bonds. The molecule has 2 N–H and O–H groups in total. The molecule has 0 spiro atoms. The third-order valence-electron chi connectivity index (χ3n) is 5.35. The van der Waals surface area contributed by atoms with Crippen molar-refractivity contribution in [1.82, 2.24) is 34.7 Å². The Bertz CT molecular complexity index is 940. The van der Waals surface area contributed by atoms with Gasteiger partial charge in [-0.3, -0.25) is 14.3 Å². The summed E-state index contributed by atoms with van der Waals surface area (Å²) < 4.78 is 6.97. The highest BCUT2D eigenvalue weighted by Crippen LogP contribution is 2.19. The topological polar surface area (TPSA) is 101 Å². The molecule has 0 atom stereocenters. The minimum Gasteiger partial charge on any atom is -0.378 e. The number of amides is 1. The van der Waals surface area contributed by atoms with E-state index in [-0.39, 0.29) is 11.9 Å². The van der Waals surface area contributed by atoms with Gasteiger partial charge in [-0.15, -0.1) is 0 Å². The Hall–Kier alpha value is -2.78. The van der Waals surface area contributed by atoms with Gasteiger partial charge in [-0.1, -0.05) is 0 Å². The van der Waals surface area contributed by atoms with Gasteiger partial charge in [-0.2, -0.15) is 0 Å². The first-order valence-electron chi connectivity index (χ1n) is 9.24. The zero-order chi connectivity index (χ0) is 18.2. The number of likely N-dealkylation sites (tertiary alicyclic amines) is 1. The Morgan fingerprint density at radius 2 is 2.11 bits per heavy atom. The van der Waals surface area contributed by atoms with Crippen molar-refractivity contribution in [1.29, 1.82) is 0 Å². The zero-order valence-electron chi connectivity index (χ0n) is 14.8. The summed E-state index contributed by atoms with van der Waals surface area (Å²) in [6.45, 7) is 3.64. The van der Waals surface area contributed by atoms with Crippen molar-refractivity contribution in [3.05, 3.63) is 36.7 Å². The van der Waals surface area contributed by atoms with Crippen LogP contribution in [0.2, 0.25) is 0 Å². The number of aromatic amines is 1. The fourth-order valence-electron chi connectivity index (χ4n) is 3.69. The summed E-state index contributed by atoms with van der Waals surface area (Å²) in [7, 11) is 0. The zero-order valence-corrected chi connectivity index (χ0v) is 14.8. The molecule has 2 fully saturated rings. The molecule has 2 saturated heterocycles. The molecule has 0 aliphatic carbocycles. The van der Waals surface area contributed by atoms with Crippen molar-refractivity contribution in [2.75, 3.05) is 26.3 Å². The van der Waals surface area contributed by atoms with E-state index < -0.39 is 0 Å². The maximum absolute atomic E-state index is 12.9. The third kappa shape index (κ3) is 3.08. The van der Waals surface area contributed by atoms with Crippen LogP contribution in [0.5, 0.6) is 0 Å². The van der Waals surface area contributed by atoms with Crippen LogP contribution in [0.25, 0.3) is 17.0 Å². The molecule has 0 radical (unpaired) electrons. The number of ether oxygens (including phenoxy) is 1. The Kier molecular flexibility index (Phi) is 4.10. The van der Waals surface area contributed by atoms with Crippen LogP contribution in [0, 0.1) is 0 Å². The predicted octanol–water partition coefficient (Wildman–Crippen LogP) is 0.737. The minimum absolute atomic E-state index is 0.159.